The summed E-state index contributed by atoms with van der Waals surface area (Å²) in [5, 5.41) is 3.63. The third-order valence-electron chi connectivity index (χ3n) is 4.81. The second kappa shape index (κ2) is 5.44. The van der Waals surface area contributed by atoms with Crippen LogP contribution in [0.3, 0.4) is 0 Å². The lowest BCUT2D eigenvalue weighted by atomic mass is 10.0. The van der Waals surface area contributed by atoms with Crippen LogP contribution in [0.1, 0.15) is 23.1 Å². The van der Waals surface area contributed by atoms with Crippen molar-refractivity contribution >= 4 is 11.4 Å². The van der Waals surface area contributed by atoms with Crippen LogP contribution < -0.4 is 10.2 Å². The molecule has 0 unspecified atom stereocenters. The van der Waals surface area contributed by atoms with E-state index in [4.69, 9.17) is 0 Å². The van der Waals surface area contributed by atoms with Gasteiger partial charge in [0.2, 0.25) is 0 Å². The molecular weight excluding hydrogens is 256 g/mol. The van der Waals surface area contributed by atoms with E-state index >= 15 is 0 Å². The van der Waals surface area contributed by atoms with Crippen molar-refractivity contribution in [3.05, 3.63) is 59.2 Å². The van der Waals surface area contributed by atoms with Crippen LogP contribution in [0.2, 0.25) is 0 Å². The first-order chi connectivity index (χ1) is 10.4. The summed E-state index contributed by atoms with van der Waals surface area (Å²) in [6.07, 6.45) is 4.77. The molecule has 0 amide bonds. The van der Waals surface area contributed by atoms with Gasteiger partial charge in [0, 0.05) is 19.6 Å². The molecule has 0 bridgehead atoms. The fourth-order valence-corrected chi connectivity index (χ4v) is 3.66. The molecule has 0 aliphatic carbocycles. The van der Waals surface area contributed by atoms with Gasteiger partial charge in [-0.25, -0.2) is 0 Å². The van der Waals surface area contributed by atoms with Crippen LogP contribution in [0.15, 0.2) is 42.5 Å². The highest BCUT2D eigenvalue weighted by Crippen LogP contribution is 2.34. The van der Waals surface area contributed by atoms with Gasteiger partial charge in [0.05, 0.1) is 11.4 Å². The highest BCUT2D eigenvalue weighted by molar-refractivity contribution is 5.74. The molecule has 2 aliphatic rings. The summed E-state index contributed by atoms with van der Waals surface area (Å²) in [6, 6.07) is 15.7. The second-order valence-electron chi connectivity index (χ2n) is 6.10. The number of anilines is 2. The molecule has 0 saturated carbocycles. The molecule has 2 heteroatoms. The van der Waals surface area contributed by atoms with Gasteiger partial charge >= 0.3 is 0 Å². The van der Waals surface area contributed by atoms with Crippen molar-refractivity contribution in [2.24, 2.45) is 0 Å². The number of rotatable bonds is 1. The maximum absolute atomic E-state index is 3.63. The molecule has 0 spiro atoms. The average molecular weight is 278 g/mol. The molecule has 2 nitrogen and oxygen atoms in total. The average Bonchev–Trinajstić information content (AvgIpc) is 2.77. The van der Waals surface area contributed by atoms with E-state index in [1.807, 2.05) is 0 Å². The van der Waals surface area contributed by atoms with Gasteiger partial charge < -0.3 is 10.2 Å². The number of hydrogen-bond acceptors (Lipinski definition) is 2. The smallest absolute Gasteiger partial charge is 0.0610 e. The third-order valence-corrected chi connectivity index (χ3v) is 4.81. The highest BCUT2D eigenvalue weighted by Gasteiger charge is 2.19. The fraction of sp³-hybridized carbons (Fsp3) is 0.368. The largest absolute Gasteiger partial charge is 0.383 e. The zero-order chi connectivity index (χ0) is 14.1. The molecule has 108 valence electrons. The van der Waals surface area contributed by atoms with E-state index < -0.39 is 0 Å². The quantitative estimate of drug-likeness (QED) is 0.856. The van der Waals surface area contributed by atoms with E-state index in [0.717, 1.165) is 32.5 Å². The number of aryl methyl sites for hydroxylation is 1. The van der Waals surface area contributed by atoms with Crippen molar-refractivity contribution in [2.75, 3.05) is 29.9 Å². The lowest BCUT2D eigenvalue weighted by Crippen LogP contribution is -2.28. The van der Waals surface area contributed by atoms with Crippen molar-refractivity contribution in [3.63, 3.8) is 0 Å². The number of para-hydroxylation sites is 1. The number of fused-ring (bicyclic) bond motifs is 2. The maximum Gasteiger partial charge on any atom is 0.0610 e. The predicted octanol–water partition coefficient (Wildman–Crippen LogP) is 3.65. The van der Waals surface area contributed by atoms with E-state index in [1.165, 1.54) is 40.9 Å². The van der Waals surface area contributed by atoms with E-state index in [0.29, 0.717) is 0 Å². The fourth-order valence-electron chi connectivity index (χ4n) is 3.66. The topological polar surface area (TPSA) is 15.3 Å². The molecule has 0 atom stereocenters. The summed E-state index contributed by atoms with van der Waals surface area (Å²) >= 11 is 0. The molecular formula is C19H22N2. The van der Waals surface area contributed by atoms with Gasteiger partial charge in [-0.2, -0.15) is 0 Å². The Morgan fingerprint density at radius 2 is 1.48 bits per heavy atom. The van der Waals surface area contributed by atoms with Gasteiger partial charge in [-0.3, -0.25) is 0 Å². The molecule has 21 heavy (non-hydrogen) atoms. The maximum atomic E-state index is 3.63. The van der Waals surface area contributed by atoms with Crippen molar-refractivity contribution in [3.8, 4) is 0 Å². The number of benzene rings is 2. The first-order valence-electron chi connectivity index (χ1n) is 8.09. The van der Waals surface area contributed by atoms with E-state index in [-0.39, 0.29) is 0 Å². The van der Waals surface area contributed by atoms with Crippen LogP contribution in [0.5, 0.6) is 0 Å². The summed E-state index contributed by atoms with van der Waals surface area (Å²) < 4.78 is 0. The Morgan fingerprint density at radius 1 is 0.762 bits per heavy atom. The Morgan fingerprint density at radius 3 is 2.24 bits per heavy atom. The summed E-state index contributed by atoms with van der Waals surface area (Å²) in [4.78, 5) is 2.57. The standard InChI is InChI=1S/C19H22N2/c1-2-6-16-11-14-21(13-10-15(16)5-1)18-9-3-7-17-8-4-12-20-19(17)18/h1-3,5-7,9,20H,4,8,10-14H2. The van der Waals surface area contributed by atoms with Gasteiger partial charge in [-0.05, 0) is 48.4 Å². The number of nitrogens with one attached hydrogen (secondary N) is 1. The van der Waals surface area contributed by atoms with Crippen LogP contribution in [0.25, 0.3) is 0 Å². The highest BCUT2D eigenvalue weighted by atomic mass is 15.1. The number of hydrogen-bond donors (Lipinski definition) is 1. The first kappa shape index (κ1) is 12.8. The van der Waals surface area contributed by atoms with Crippen molar-refractivity contribution in [1.29, 1.82) is 0 Å². The minimum atomic E-state index is 1.11. The van der Waals surface area contributed by atoms with E-state index in [9.17, 15) is 0 Å². The van der Waals surface area contributed by atoms with Crippen LogP contribution in [-0.2, 0) is 19.3 Å². The number of nitrogens with zero attached hydrogens (tertiary/aromatic N) is 1. The molecule has 2 aromatic rings. The van der Waals surface area contributed by atoms with Gasteiger partial charge in [0.1, 0.15) is 0 Å². The summed E-state index contributed by atoms with van der Waals surface area (Å²) in [6.45, 7) is 3.35. The van der Waals surface area contributed by atoms with Crippen molar-refractivity contribution in [2.45, 2.75) is 25.7 Å². The Hall–Kier alpha value is -1.96. The molecule has 2 heterocycles. The predicted molar refractivity (Wildman–Crippen MR) is 89.3 cm³/mol. The van der Waals surface area contributed by atoms with Crippen molar-refractivity contribution in [1.82, 2.24) is 0 Å². The Balaban J connectivity index is 1.64. The lowest BCUT2D eigenvalue weighted by molar-refractivity contribution is 0.791. The monoisotopic (exact) mass is 278 g/mol. The van der Waals surface area contributed by atoms with Crippen LogP contribution >= 0.6 is 0 Å². The normalized spacial score (nSPS) is 17.4. The van der Waals surface area contributed by atoms with Gasteiger partial charge in [0.15, 0.2) is 0 Å². The van der Waals surface area contributed by atoms with Crippen LogP contribution in [-0.4, -0.2) is 19.6 Å². The Kier molecular flexibility index (Phi) is 3.30. The van der Waals surface area contributed by atoms with Crippen LogP contribution in [0.4, 0.5) is 11.4 Å². The molecule has 2 aliphatic heterocycles. The SMILES string of the molecule is c1ccc2c(c1)CCN(c1cccc3c1NCCC3)CC2. The molecule has 4 rings (SSSR count). The van der Waals surface area contributed by atoms with Gasteiger partial charge in [-0.1, -0.05) is 36.4 Å². The molecule has 0 saturated heterocycles. The lowest BCUT2D eigenvalue weighted by Gasteiger charge is -2.29. The molecule has 2 aromatic carbocycles. The summed E-state index contributed by atoms with van der Waals surface area (Å²) in [5.74, 6) is 0. The summed E-state index contributed by atoms with van der Waals surface area (Å²) in [5.41, 5.74) is 7.32. The first-order valence-corrected chi connectivity index (χ1v) is 8.09. The molecule has 0 fully saturated rings. The van der Waals surface area contributed by atoms with Gasteiger partial charge in [-0.15, -0.1) is 0 Å². The molecule has 0 radical (unpaired) electrons. The minimum Gasteiger partial charge on any atom is -0.383 e. The summed E-state index contributed by atoms with van der Waals surface area (Å²) in [7, 11) is 0. The molecule has 1 N–H and O–H groups in total. The zero-order valence-electron chi connectivity index (χ0n) is 12.4. The Bertz CT molecular complexity index is 621. The third kappa shape index (κ3) is 2.39. The minimum absolute atomic E-state index is 1.11. The van der Waals surface area contributed by atoms with Crippen LogP contribution in [0, 0.1) is 0 Å². The molecule has 0 aromatic heterocycles. The zero-order valence-corrected chi connectivity index (χ0v) is 12.4. The van der Waals surface area contributed by atoms with Crippen molar-refractivity contribution < 1.29 is 0 Å². The van der Waals surface area contributed by atoms with E-state index in [1.54, 1.807) is 0 Å². The van der Waals surface area contributed by atoms with Gasteiger partial charge in [0.25, 0.3) is 0 Å². The van der Waals surface area contributed by atoms with E-state index in [2.05, 4.69) is 52.7 Å². The second-order valence-corrected chi connectivity index (χ2v) is 6.10. The Labute approximate surface area is 126 Å².